The van der Waals surface area contributed by atoms with E-state index in [4.69, 9.17) is 0 Å². The Morgan fingerprint density at radius 2 is 0.522 bits per heavy atom. The zero-order valence-electron chi connectivity index (χ0n) is 36.4. The van der Waals surface area contributed by atoms with E-state index in [1.165, 1.54) is 76.5 Å². The number of fused-ring (bicyclic) bond motifs is 11. The number of benzene rings is 10. The maximum Gasteiger partial charge on any atom is 0.0803 e. The van der Waals surface area contributed by atoms with Gasteiger partial charge in [-0.2, -0.15) is 0 Å². The third-order valence-corrected chi connectivity index (χ3v) is 13.7. The molecule has 67 heavy (non-hydrogen) atoms. The van der Waals surface area contributed by atoms with E-state index < -0.39 is 0 Å². The van der Waals surface area contributed by atoms with Gasteiger partial charge in [0.15, 0.2) is 0 Å². The third-order valence-electron chi connectivity index (χ3n) is 13.7. The lowest BCUT2D eigenvalue weighted by Gasteiger charge is -2.26. The van der Waals surface area contributed by atoms with Gasteiger partial charge in [-0.15, -0.1) is 0 Å². The number of nitrogens with zero attached hydrogens (tertiary/aromatic N) is 5. The topological polar surface area (TPSA) is 23.0 Å². The highest BCUT2D eigenvalue weighted by Crippen LogP contribution is 2.44. The highest BCUT2D eigenvalue weighted by atomic mass is 15.1. The number of anilines is 3. The van der Waals surface area contributed by atoms with Crippen LogP contribution in [0.1, 0.15) is 0 Å². The van der Waals surface area contributed by atoms with Gasteiger partial charge in [0, 0.05) is 61.4 Å². The molecule has 0 fully saturated rings. The lowest BCUT2D eigenvalue weighted by Crippen LogP contribution is -2.10. The van der Waals surface area contributed by atoms with Crippen LogP contribution in [-0.4, -0.2) is 18.3 Å². The van der Waals surface area contributed by atoms with Crippen LogP contribution < -0.4 is 4.90 Å². The SMILES string of the molecule is c1ccc(-n2c3ccccc3c3c2c2ccccc2n3-c2ccc(N(c3ccc(-n4c5ccccc5c5c4c4ccccc4n5-c4ccccc4)cc3)c3ccc4ccccc4c3)cc2)cc1. The van der Waals surface area contributed by atoms with Crippen molar-refractivity contribution in [1.29, 1.82) is 0 Å². The molecule has 4 heterocycles. The van der Waals surface area contributed by atoms with Crippen LogP contribution in [0.2, 0.25) is 0 Å². The Bertz CT molecular complexity index is 3940. The minimum Gasteiger partial charge on any atom is -0.310 e. The first kappa shape index (κ1) is 37.3. The standard InChI is InChI=1S/C62H41N5/c1-3-19-44(20-4-1)64-55-27-13-9-23-51(55)61-59(64)53-25-11-15-29-57(53)66(61)48-37-33-46(34-38-48)63(50-32-31-42-17-7-8-18-43(42)41-50)47-35-39-49(40-36-47)67-58-30-16-12-26-54(58)60-62(67)52-24-10-14-28-56(52)65(60)45-21-5-2-6-22-45/h1-41H. The Morgan fingerprint density at radius 1 is 0.224 bits per heavy atom. The zero-order chi connectivity index (χ0) is 44.0. The van der Waals surface area contributed by atoms with Gasteiger partial charge in [0.05, 0.1) is 44.1 Å². The van der Waals surface area contributed by atoms with Crippen molar-refractivity contribution in [3.63, 3.8) is 0 Å². The van der Waals surface area contributed by atoms with Crippen LogP contribution in [0, 0.1) is 0 Å². The molecule has 314 valence electrons. The predicted molar refractivity (Wildman–Crippen MR) is 281 cm³/mol. The second kappa shape index (κ2) is 14.7. The van der Waals surface area contributed by atoms with Crippen LogP contribution in [-0.2, 0) is 0 Å². The fourth-order valence-corrected chi connectivity index (χ4v) is 10.9. The molecule has 10 aromatic carbocycles. The average Bonchev–Trinajstić information content (AvgIpc) is 4.12. The van der Waals surface area contributed by atoms with E-state index in [1.807, 2.05) is 0 Å². The molecule has 0 radical (unpaired) electrons. The molecule has 0 saturated carbocycles. The van der Waals surface area contributed by atoms with E-state index in [0.29, 0.717) is 0 Å². The molecular weight excluding hydrogens is 815 g/mol. The van der Waals surface area contributed by atoms with Gasteiger partial charge in [0.2, 0.25) is 0 Å². The number of aromatic nitrogens is 4. The minimum absolute atomic E-state index is 1.07. The molecule has 0 unspecified atom stereocenters. The van der Waals surface area contributed by atoms with Crippen molar-refractivity contribution in [1.82, 2.24) is 18.3 Å². The summed E-state index contributed by atoms with van der Waals surface area (Å²) in [5.74, 6) is 0. The van der Waals surface area contributed by atoms with E-state index in [9.17, 15) is 0 Å². The van der Waals surface area contributed by atoms with Gasteiger partial charge in [-0.3, -0.25) is 0 Å². The van der Waals surface area contributed by atoms with Crippen LogP contribution in [0.5, 0.6) is 0 Å². The van der Waals surface area contributed by atoms with Crippen molar-refractivity contribution in [2.45, 2.75) is 0 Å². The Balaban J connectivity index is 0.938. The van der Waals surface area contributed by atoms with Crippen molar-refractivity contribution >= 4 is 93.5 Å². The number of para-hydroxylation sites is 6. The summed E-state index contributed by atoms with van der Waals surface area (Å²) in [6.45, 7) is 0. The predicted octanol–water partition coefficient (Wildman–Crippen LogP) is 16.4. The number of hydrogen-bond acceptors (Lipinski definition) is 1. The molecule has 5 heteroatoms. The lowest BCUT2D eigenvalue weighted by atomic mass is 10.1. The molecule has 0 aliphatic rings. The molecule has 0 aliphatic heterocycles. The summed E-state index contributed by atoms with van der Waals surface area (Å²) in [4.78, 5) is 2.38. The summed E-state index contributed by atoms with van der Waals surface area (Å²) in [6.07, 6.45) is 0. The van der Waals surface area contributed by atoms with E-state index in [1.54, 1.807) is 0 Å². The molecule has 0 amide bonds. The molecule has 5 nitrogen and oxygen atoms in total. The van der Waals surface area contributed by atoms with Crippen molar-refractivity contribution in [2.75, 3.05) is 4.90 Å². The fourth-order valence-electron chi connectivity index (χ4n) is 10.9. The first-order valence-electron chi connectivity index (χ1n) is 22.9. The second-order valence-electron chi connectivity index (χ2n) is 17.4. The van der Waals surface area contributed by atoms with Crippen LogP contribution in [0.15, 0.2) is 249 Å². The molecular formula is C62H41N5. The van der Waals surface area contributed by atoms with Gasteiger partial charge in [0.1, 0.15) is 0 Å². The molecule has 0 N–H and O–H groups in total. The van der Waals surface area contributed by atoms with E-state index in [0.717, 1.165) is 39.8 Å². The monoisotopic (exact) mass is 855 g/mol. The Kier molecular flexibility index (Phi) is 8.21. The van der Waals surface area contributed by atoms with Crippen molar-refractivity contribution < 1.29 is 0 Å². The molecule has 0 atom stereocenters. The van der Waals surface area contributed by atoms with Gasteiger partial charge in [-0.25, -0.2) is 0 Å². The zero-order valence-corrected chi connectivity index (χ0v) is 36.4. The average molecular weight is 856 g/mol. The van der Waals surface area contributed by atoms with Crippen molar-refractivity contribution in [3.05, 3.63) is 249 Å². The van der Waals surface area contributed by atoms with Gasteiger partial charge >= 0.3 is 0 Å². The Labute approximate surface area is 386 Å². The molecule has 0 spiro atoms. The highest BCUT2D eigenvalue weighted by molar-refractivity contribution is 6.21. The first-order valence-corrected chi connectivity index (χ1v) is 22.9. The smallest absolute Gasteiger partial charge is 0.0803 e. The van der Waals surface area contributed by atoms with Crippen LogP contribution in [0.4, 0.5) is 17.1 Å². The maximum atomic E-state index is 2.45. The minimum atomic E-state index is 1.07. The summed E-state index contributed by atoms with van der Waals surface area (Å²) < 4.78 is 9.74. The molecule has 0 aliphatic carbocycles. The summed E-state index contributed by atoms with van der Waals surface area (Å²) in [7, 11) is 0. The Morgan fingerprint density at radius 3 is 0.910 bits per heavy atom. The number of rotatable bonds is 7. The maximum absolute atomic E-state index is 2.45. The highest BCUT2D eigenvalue weighted by Gasteiger charge is 2.24. The normalized spacial score (nSPS) is 11.9. The molecule has 4 aromatic heterocycles. The van der Waals surface area contributed by atoms with Crippen molar-refractivity contribution in [2.24, 2.45) is 0 Å². The van der Waals surface area contributed by atoms with E-state index >= 15 is 0 Å². The summed E-state index contributed by atoms with van der Waals surface area (Å²) >= 11 is 0. The Hall–Kier alpha value is -9.06. The summed E-state index contributed by atoms with van der Waals surface area (Å²) in [6, 6.07) is 90.3. The summed E-state index contributed by atoms with van der Waals surface area (Å²) in [5.41, 5.74) is 17.3. The molecule has 0 saturated heterocycles. The molecule has 14 aromatic rings. The lowest BCUT2D eigenvalue weighted by molar-refractivity contribution is 1.17. The van der Waals surface area contributed by atoms with E-state index in [-0.39, 0.29) is 0 Å². The van der Waals surface area contributed by atoms with Crippen LogP contribution in [0.25, 0.3) is 99.2 Å². The fraction of sp³-hybridized carbons (Fsp3) is 0. The van der Waals surface area contributed by atoms with Crippen molar-refractivity contribution in [3.8, 4) is 22.7 Å². The van der Waals surface area contributed by atoms with E-state index in [2.05, 4.69) is 272 Å². The first-order chi connectivity index (χ1) is 33.3. The van der Waals surface area contributed by atoms with Gasteiger partial charge in [0.25, 0.3) is 0 Å². The van der Waals surface area contributed by atoms with Gasteiger partial charge in [-0.05, 0) is 120 Å². The van der Waals surface area contributed by atoms with Crippen LogP contribution >= 0.6 is 0 Å². The largest absolute Gasteiger partial charge is 0.310 e. The van der Waals surface area contributed by atoms with Crippen LogP contribution in [0.3, 0.4) is 0 Å². The van der Waals surface area contributed by atoms with Gasteiger partial charge in [-0.1, -0.05) is 140 Å². The molecule has 0 bridgehead atoms. The second-order valence-corrected chi connectivity index (χ2v) is 17.4. The third kappa shape index (κ3) is 5.62. The molecule has 14 rings (SSSR count). The quantitative estimate of drug-likeness (QED) is 0.157. The summed E-state index contributed by atoms with van der Waals surface area (Å²) in [5, 5.41) is 7.29. The number of hydrogen-bond donors (Lipinski definition) is 0. The van der Waals surface area contributed by atoms with Gasteiger partial charge < -0.3 is 23.2 Å².